The van der Waals surface area contributed by atoms with Crippen LogP contribution in [0.1, 0.15) is 16.1 Å². The molecule has 1 aromatic carbocycles. The van der Waals surface area contributed by atoms with Crippen molar-refractivity contribution in [1.29, 1.82) is 0 Å². The van der Waals surface area contributed by atoms with Crippen LogP contribution in [0.2, 0.25) is 0 Å². The number of amides is 2. The van der Waals surface area contributed by atoms with E-state index >= 15 is 0 Å². The SMILES string of the molecule is O=C(NCc1ccccn1)[C@@H]1CNCCN1C(=O)c1ccc2ncsc2c1. The molecule has 0 unspecified atom stereocenters. The van der Waals surface area contributed by atoms with E-state index in [1.165, 1.54) is 11.3 Å². The van der Waals surface area contributed by atoms with Gasteiger partial charge in [-0.15, -0.1) is 11.3 Å². The normalized spacial score (nSPS) is 17.0. The van der Waals surface area contributed by atoms with Gasteiger partial charge in [-0.05, 0) is 30.3 Å². The molecule has 1 atom stereocenters. The number of hydrogen-bond donors (Lipinski definition) is 2. The molecule has 2 N–H and O–H groups in total. The number of rotatable bonds is 4. The number of aromatic nitrogens is 2. The molecule has 0 radical (unpaired) electrons. The summed E-state index contributed by atoms with van der Waals surface area (Å²) in [5.74, 6) is -0.315. The fourth-order valence-electron chi connectivity index (χ4n) is 3.13. The number of piperazine rings is 1. The predicted molar refractivity (Wildman–Crippen MR) is 103 cm³/mol. The Kier molecular flexibility index (Phi) is 5.08. The van der Waals surface area contributed by atoms with Gasteiger partial charge in [0.1, 0.15) is 6.04 Å². The minimum absolute atomic E-state index is 0.134. The van der Waals surface area contributed by atoms with Crippen LogP contribution < -0.4 is 10.6 Å². The van der Waals surface area contributed by atoms with Crippen molar-refractivity contribution >= 4 is 33.4 Å². The Morgan fingerprint density at radius 1 is 1.26 bits per heavy atom. The van der Waals surface area contributed by atoms with Gasteiger partial charge in [0, 0.05) is 31.4 Å². The summed E-state index contributed by atoms with van der Waals surface area (Å²) in [5, 5.41) is 6.08. The van der Waals surface area contributed by atoms with Crippen molar-refractivity contribution in [2.45, 2.75) is 12.6 Å². The van der Waals surface area contributed by atoms with Gasteiger partial charge in [0.05, 0.1) is 28.0 Å². The highest BCUT2D eigenvalue weighted by Gasteiger charge is 2.32. The lowest BCUT2D eigenvalue weighted by Gasteiger charge is -2.35. The van der Waals surface area contributed by atoms with E-state index in [0.717, 1.165) is 15.9 Å². The molecule has 1 saturated heterocycles. The van der Waals surface area contributed by atoms with Gasteiger partial charge in [-0.25, -0.2) is 4.98 Å². The van der Waals surface area contributed by atoms with Crippen LogP contribution in [0.5, 0.6) is 0 Å². The molecule has 2 aromatic heterocycles. The topological polar surface area (TPSA) is 87.2 Å². The Balaban J connectivity index is 1.49. The average molecular weight is 381 g/mol. The summed E-state index contributed by atoms with van der Waals surface area (Å²) in [4.78, 5) is 35.8. The molecule has 27 heavy (non-hydrogen) atoms. The quantitative estimate of drug-likeness (QED) is 0.714. The molecule has 2 amide bonds. The van der Waals surface area contributed by atoms with Crippen LogP contribution >= 0.6 is 11.3 Å². The molecule has 138 valence electrons. The first-order valence-corrected chi connectivity index (χ1v) is 9.63. The minimum atomic E-state index is -0.549. The largest absolute Gasteiger partial charge is 0.349 e. The number of pyridine rings is 1. The number of benzene rings is 1. The maximum atomic E-state index is 13.0. The zero-order valence-electron chi connectivity index (χ0n) is 14.6. The standard InChI is InChI=1S/C19H19N5O2S/c25-18(22-10-14-3-1-2-6-21-14)16-11-20-7-8-24(16)19(26)13-4-5-15-17(9-13)27-12-23-15/h1-6,9,12,16,20H,7-8,10-11H2,(H,22,25)/t16-/m0/s1. The molecule has 0 bridgehead atoms. The van der Waals surface area contributed by atoms with E-state index in [0.29, 0.717) is 31.7 Å². The van der Waals surface area contributed by atoms with Crippen molar-refractivity contribution in [3.8, 4) is 0 Å². The summed E-state index contributed by atoms with van der Waals surface area (Å²) in [5.41, 5.74) is 4.00. The maximum absolute atomic E-state index is 13.0. The Bertz CT molecular complexity index is 959. The van der Waals surface area contributed by atoms with Crippen LogP contribution in [0.3, 0.4) is 0 Å². The van der Waals surface area contributed by atoms with Crippen LogP contribution in [0.15, 0.2) is 48.1 Å². The highest BCUT2D eigenvalue weighted by molar-refractivity contribution is 7.16. The Labute approximate surface area is 160 Å². The van der Waals surface area contributed by atoms with Gasteiger partial charge >= 0.3 is 0 Å². The first kappa shape index (κ1) is 17.6. The third kappa shape index (κ3) is 3.81. The van der Waals surface area contributed by atoms with Gasteiger partial charge in [0.25, 0.3) is 5.91 Å². The fraction of sp³-hybridized carbons (Fsp3) is 0.263. The van der Waals surface area contributed by atoms with Crippen LogP contribution in [0.25, 0.3) is 10.2 Å². The van der Waals surface area contributed by atoms with Crippen LogP contribution in [0, 0.1) is 0 Å². The van der Waals surface area contributed by atoms with E-state index in [-0.39, 0.29) is 11.8 Å². The molecule has 1 fully saturated rings. The maximum Gasteiger partial charge on any atom is 0.254 e. The lowest BCUT2D eigenvalue weighted by Crippen LogP contribution is -2.59. The van der Waals surface area contributed by atoms with Gasteiger partial charge < -0.3 is 15.5 Å². The lowest BCUT2D eigenvalue weighted by molar-refractivity contribution is -0.126. The Morgan fingerprint density at radius 2 is 2.19 bits per heavy atom. The van der Waals surface area contributed by atoms with Gasteiger partial charge in [-0.3, -0.25) is 14.6 Å². The van der Waals surface area contributed by atoms with Crippen LogP contribution in [-0.2, 0) is 11.3 Å². The third-order valence-corrected chi connectivity index (χ3v) is 5.35. The fourth-order valence-corrected chi connectivity index (χ4v) is 3.85. The highest BCUT2D eigenvalue weighted by atomic mass is 32.1. The summed E-state index contributed by atoms with van der Waals surface area (Å²) in [6.07, 6.45) is 1.69. The van der Waals surface area contributed by atoms with Crippen molar-refractivity contribution in [2.24, 2.45) is 0 Å². The number of nitrogens with zero attached hydrogens (tertiary/aromatic N) is 3. The van der Waals surface area contributed by atoms with Gasteiger partial charge in [-0.1, -0.05) is 6.07 Å². The summed E-state index contributed by atoms with van der Waals surface area (Å²) in [6.45, 7) is 1.92. The number of fused-ring (bicyclic) bond motifs is 1. The van der Waals surface area contributed by atoms with E-state index in [1.54, 1.807) is 22.7 Å². The van der Waals surface area contributed by atoms with Crippen LogP contribution in [-0.4, -0.2) is 52.4 Å². The molecule has 3 heterocycles. The molecule has 0 spiro atoms. The van der Waals surface area contributed by atoms with E-state index < -0.39 is 6.04 Å². The smallest absolute Gasteiger partial charge is 0.254 e. The molecule has 0 aliphatic carbocycles. The predicted octanol–water partition coefficient (Wildman–Crippen LogP) is 1.42. The molecule has 4 rings (SSSR count). The van der Waals surface area contributed by atoms with Crippen molar-refractivity contribution in [3.63, 3.8) is 0 Å². The zero-order chi connectivity index (χ0) is 18.6. The number of thiazole rings is 1. The van der Waals surface area contributed by atoms with Gasteiger partial charge in [0.15, 0.2) is 0 Å². The second kappa shape index (κ2) is 7.81. The Morgan fingerprint density at radius 3 is 3.04 bits per heavy atom. The van der Waals surface area contributed by atoms with Gasteiger partial charge in [0.2, 0.25) is 5.91 Å². The second-order valence-corrected chi connectivity index (χ2v) is 7.18. The van der Waals surface area contributed by atoms with E-state index in [1.807, 2.05) is 30.3 Å². The number of carbonyl (C=O) groups is 2. The monoisotopic (exact) mass is 381 g/mol. The molecule has 8 heteroatoms. The number of hydrogen-bond acceptors (Lipinski definition) is 6. The molecule has 1 aliphatic heterocycles. The first-order chi connectivity index (χ1) is 13.2. The molecule has 3 aromatic rings. The second-order valence-electron chi connectivity index (χ2n) is 6.29. The summed E-state index contributed by atoms with van der Waals surface area (Å²) in [6, 6.07) is 10.5. The molecule has 1 aliphatic rings. The molecule has 0 saturated carbocycles. The number of nitrogens with one attached hydrogen (secondary N) is 2. The third-order valence-electron chi connectivity index (χ3n) is 4.56. The highest BCUT2D eigenvalue weighted by Crippen LogP contribution is 2.21. The first-order valence-electron chi connectivity index (χ1n) is 8.75. The Hall–Kier alpha value is -2.84. The van der Waals surface area contributed by atoms with Crippen LogP contribution in [0.4, 0.5) is 0 Å². The van der Waals surface area contributed by atoms with E-state index in [2.05, 4.69) is 20.6 Å². The molecular weight excluding hydrogens is 362 g/mol. The molecule has 7 nitrogen and oxygen atoms in total. The minimum Gasteiger partial charge on any atom is -0.349 e. The van der Waals surface area contributed by atoms with Crippen molar-refractivity contribution < 1.29 is 9.59 Å². The summed E-state index contributed by atoms with van der Waals surface area (Å²) >= 11 is 1.50. The van der Waals surface area contributed by atoms with Crippen molar-refractivity contribution in [3.05, 3.63) is 59.4 Å². The van der Waals surface area contributed by atoms with Gasteiger partial charge in [-0.2, -0.15) is 0 Å². The van der Waals surface area contributed by atoms with Crippen molar-refractivity contribution in [2.75, 3.05) is 19.6 Å². The lowest BCUT2D eigenvalue weighted by atomic mass is 10.1. The summed E-state index contributed by atoms with van der Waals surface area (Å²) < 4.78 is 0.965. The summed E-state index contributed by atoms with van der Waals surface area (Å²) in [7, 11) is 0. The van der Waals surface area contributed by atoms with E-state index in [9.17, 15) is 9.59 Å². The van der Waals surface area contributed by atoms with E-state index in [4.69, 9.17) is 0 Å². The average Bonchev–Trinajstić information content (AvgIpc) is 3.20. The van der Waals surface area contributed by atoms with Crippen molar-refractivity contribution in [1.82, 2.24) is 25.5 Å². The molecular formula is C19H19N5O2S. The zero-order valence-corrected chi connectivity index (χ0v) is 15.4. The number of carbonyl (C=O) groups excluding carboxylic acids is 2.